The van der Waals surface area contributed by atoms with E-state index >= 15 is 0 Å². The van der Waals surface area contributed by atoms with Crippen LogP contribution in [-0.2, 0) is 5.88 Å². The van der Waals surface area contributed by atoms with E-state index in [1.165, 1.54) is 0 Å². The van der Waals surface area contributed by atoms with Crippen molar-refractivity contribution in [1.29, 1.82) is 0 Å². The van der Waals surface area contributed by atoms with Crippen LogP contribution in [0.1, 0.15) is 5.82 Å². The normalized spacial score (nSPS) is 11.1. The zero-order chi connectivity index (χ0) is 13.4. The Morgan fingerprint density at radius 2 is 1.84 bits per heavy atom. The molecule has 0 radical (unpaired) electrons. The van der Waals surface area contributed by atoms with E-state index in [-0.39, 0.29) is 0 Å². The van der Waals surface area contributed by atoms with E-state index in [0.717, 1.165) is 22.5 Å². The number of para-hydroxylation sites is 1. The van der Waals surface area contributed by atoms with Crippen LogP contribution < -0.4 is 0 Å². The van der Waals surface area contributed by atoms with Crippen molar-refractivity contribution >= 4 is 45.8 Å². The molecule has 19 heavy (non-hydrogen) atoms. The first-order valence-electron chi connectivity index (χ1n) is 5.68. The molecule has 5 heteroatoms. The van der Waals surface area contributed by atoms with Crippen LogP contribution in [0.5, 0.6) is 0 Å². The molecule has 0 amide bonds. The van der Waals surface area contributed by atoms with Gasteiger partial charge in [-0.1, -0.05) is 35.3 Å². The fourth-order valence-corrected chi connectivity index (χ4v) is 2.66. The summed E-state index contributed by atoms with van der Waals surface area (Å²) in [7, 11) is 0. The molecule has 96 valence electrons. The van der Waals surface area contributed by atoms with Crippen LogP contribution in [0.25, 0.3) is 16.7 Å². The Labute approximate surface area is 125 Å². The molecule has 1 aromatic heterocycles. The molecule has 0 saturated heterocycles. The van der Waals surface area contributed by atoms with E-state index in [9.17, 15) is 0 Å². The minimum Gasteiger partial charge on any atom is -0.294 e. The van der Waals surface area contributed by atoms with Gasteiger partial charge in [0, 0.05) is 5.02 Å². The summed E-state index contributed by atoms with van der Waals surface area (Å²) in [5.74, 6) is 1.05. The summed E-state index contributed by atoms with van der Waals surface area (Å²) in [6.07, 6.45) is 0. The van der Waals surface area contributed by atoms with E-state index in [1.54, 1.807) is 0 Å². The van der Waals surface area contributed by atoms with Gasteiger partial charge in [0.25, 0.3) is 0 Å². The van der Waals surface area contributed by atoms with Gasteiger partial charge in [-0.3, -0.25) is 4.57 Å². The molecule has 0 aliphatic carbocycles. The molecular weight excluding hydrogens is 303 g/mol. The Morgan fingerprint density at radius 3 is 2.58 bits per heavy atom. The quantitative estimate of drug-likeness (QED) is 0.604. The predicted octanol–water partition coefficient (Wildman–Crippen LogP) is 5.07. The maximum absolute atomic E-state index is 6.26. The molecule has 3 aromatic rings. The van der Waals surface area contributed by atoms with Crippen LogP contribution in [0.4, 0.5) is 0 Å². The van der Waals surface area contributed by atoms with Crippen LogP contribution in [0.2, 0.25) is 10.0 Å². The highest BCUT2D eigenvalue weighted by atomic mass is 35.5. The third-order valence-corrected chi connectivity index (χ3v) is 3.69. The van der Waals surface area contributed by atoms with E-state index in [0.29, 0.717) is 15.9 Å². The Kier molecular flexibility index (Phi) is 3.40. The zero-order valence-corrected chi connectivity index (χ0v) is 12.0. The minimum atomic E-state index is 0.303. The Balaban J connectivity index is 2.36. The highest BCUT2D eigenvalue weighted by molar-refractivity contribution is 6.32. The summed E-state index contributed by atoms with van der Waals surface area (Å²) >= 11 is 18.2. The standard InChI is InChI=1S/C14H9Cl3N2/c15-8-14-18-11-7-9(16)5-6-13(11)19(14)12-4-2-1-3-10(12)17/h1-7H,8H2. The Hall–Kier alpha value is -1.22. The van der Waals surface area contributed by atoms with Gasteiger partial charge in [-0.15, -0.1) is 11.6 Å². The molecule has 0 fully saturated rings. The van der Waals surface area contributed by atoms with Gasteiger partial charge >= 0.3 is 0 Å². The van der Waals surface area contributed by atoms with Gasteiger partial charge in [0.05, 0.1) is 27.6 Å². The Bertz CT molecular complexity index is 750. The van der Waals surface area contributed by atoms with Crippen LogP contribution >= 0.6 is 34.8 Å². The second kappa shape index (κ2) is 5.04. The van der Waals surface area contributed by atoms with Crippen LogP contribution in [0.15, 0.2) is 42.5 Å². The summed E-state index contributed by atoms with van der Waals surface area (Å²) in [6, 6.07) is 13.2. The summed E-state index contributed by atoms with van der Waals surface area (Å²) in [5, 5.41) is 1.31. The van der Waals surface area contributed by atoms with Crippen LogP contribution in [0.3, 0.4) is 0 Å². The van der Waals surface area contributed by atoms with Gasteiger partial charge < -0.3 is 0 Å². The number of benzene rings is 2. The van der Waals surface area contributed by atoms with E-state index in [2.05, 4.69) is 4.98 Å². The molecule has 2 nitrogen and oxygen atoms in total. The van der Waals surface area contributed by atoms with Crippen molar-refractivity contribution in [1.82, 2.24) is 9.55 Å². The molecule has 1 heterocycles. The van der Waals surface area contributed by atoms with Crippen molar-refractivity contribution in [2.24, 2.45) is 0 Å². The molecule has 3 rings (SSSR count). The second-order valence-electron chi connectivity index (χ2n) is 4.08. The van der Waals surface area contributed by atoms with Crippen molar-refractivity contribution in [3.05, 3.63) is 58.3 Å². The number of hydrogen-bond acceptors (Lipinski definition) is 1. The summed E-state index contributed by atoms with van der Waals surface area (Å²) in [5.41, 5.74) is 2.61. The molecule has 0 unspecified atom stereocenters. The molecule has 0 aliphatic heterocycles. The lowest BCUT2D eigenvalue weighted by Crippen LogP contribution is -1.99. The average Bonchev–Trinajstić information content (AvgIpc) is 2.76. The van der Waals surface area contributed by atoms with Crippen molar-refractivity contribution < 1.29 is 0 Å². The smallest absolute Gasteiger partial charge is 0.129 e. The monoisotopic (exact) mass is 310 g/mol. The number of alkyl halides is 1. The third kappa shape index (κ3) is 2.20. The van der Waals surface area contributed by atoms with Gasteiger partial charge in [-0.2, -0.15) is 0 Å². The zero-order valence-electron chi connectivity index (χ0n) is 9.78. The fraction of sp³-hybridized carbons (Fsp3) is 0.0714. The summed E-state index contributed by atoms with van der Waals surface area (Å²) < 4.78 is 1.96. The van der Waals surface area contributed by atoms with Gasteiger partial charge in [0.2, 0.25) is 0 Å². The summed E-state index contributed by atoms with van der Waals surface area (Å²) in [6.45, 7) is 0. The first-order chi connectivity index (χ1) is 9.20. The number of imidazole rings is 1. The second-order valence-corrected chi connectivity index (χ2v) is 5.19. The first kappa shape index (κ1) is 12.8. The van der Waals surface area contributed by atoms with Gasteiger partial charge in [0.1, 0.15) is 5.82 Å². The van der Waals surface area contributed by atoms with Crippen molar-refractivity contribution in [3.8, 4) is 5.69 Å². The highest BCUT2D eigenvalue weighted by Gasteiger charge is 2.13. The van der Waals surface area contributed by atoms with Crippen LogP contribution in [0, 0.1) is 0 Å². The minimum absolute atomic E-state index is 0.303. The number of aromatic nitrogens is 2. The molecule has 0 bridgehead atoms. The largest absolute Gasteiger partial charge is 0.294 e. The van der Waals surface area contributed by atoms with E-state index in [1.807, 2.05) is 47.0 Å². The predicted molar refractivity (Wildman–Crippen MR) is 80.6 cm³/mol. The molecule has 2 aromatic carbocycles. The fourth-order valence-electron chi connectivity index (χ4n) is 2.09. The molecular formula is C14H9Cl3N2. The number of halogens is 3. The molecule has 0 N–H and O–H groups in total. The van der Waals surface area contributed by atoms with Gasteiger partial charge in [0.15, 0.2) is 0 Å². The number of fused-ring (bicyclic) bond motifs is 1. The average molecular weight is 312 g/mol. The summed E-state index contributed by atoms with van der Waals surface area (Å²) in [4.78, 5) is 4.50. The highest BCUT2D eigenvalue weighted by Crippen LogP contribution is 2.28. The first-order valence-corrected chi connectivity index (χ1v) is 6.97. The molecule has 0 aliphatic rings. The number of rotatable bonds is 2. The van der Waals surface area contributed by atoms with Gasteiger partial charge in [-0.05, 0) is 30.3 Å². The van der Waals surface area contributed by atoms with Crippen molar-refractivity contribution in [2.75, 3.05) is 0 Å². The van der Waals surface area contributed by atoms with Crippen molar-refractivity contribution in [2.45, 2.75) is 5.88 Å². The topological polar surface area (TPSA) is 17.8 Å². The maximum atomic E-state index is 6.26. The maximum Gasteiger partial charge on any atom is 0.129 e. The molecule has 0 atom stereocenters. The lowest BCUT2D eigenvalue weighted by atomic mass is 10.2. The Morgan fingerprint density at radius 1 is 1.05 bits per heavy atom. The van der Waals surface area contributed by atoms with Crippen LogP contribution in [-0.4, -0.2) is 9.55 Å². The molecule has 0 saturated carbocycles. The lowest BCUT2D eigenvalue weighted by molar-refractivity contribution is 0.982. The van der Waals surface area contributed by atoms with E-state index in [4.69, 9.17) is 34.8 Å². The SMILES string of the molecule is ClCc1nc2cc(Cl)ccc2n1-c1ccccc1Cl. The van der Waals surface area contributed by atoms with Crippen molar-refractivity contribution in [3.63, 3.8) is 0 Å². The number of nitrogens with zero attached hydrogens (tertiary/aromatic N) is 2. The van der Waals surface area contributed by atoms with Gasteiger partial charge in [-0.25, -0.2) is 4.98 Å². The van der Waals surface area contributed by atoms with E-state index < -0.39 is 0 Å². The lowest BCUT2D eigenvalue weighted by Gasteiger charge is -2.09. The number of hydrogen-bond donors (Lipinski definition) is 0. The molecule has 0 spiro atoms. The third-order valence-electron chi connectivity index (χ3n) is 2.90.